The topological polar surface area (TPSA) is 80.6 Å². The molecule has 0 unspecified atom stereocenters. The number of rotatable bonds is 5. The molecule has 0 saturated heterocycles. The van der Waals surface area contributed by atoms with Gasteiger partial charge in [0.05, 0.1) is 27.4 Å². The van der Waals surface area contributed by atoms with Gasteiger partial charge in [0.15, 0.2) is 11.5 Å². The number of nitrogens with zero attached hydrogens (tertiary/aromatic N) is 1. The van der Waals surface area contributed by atoms with Crippen molar-refractivity contribution in [2.45, 2.75) is 37.6 Å². The first kappa shape index (κ1) is 16.9. The molecular formula is C17H22N2O4. The lowest BCUT2D eigenvalue weighted by Crippen LogP contribution is -2.48. The fraction of sp³-hybridized carbons (Fsp3) is 0.529. The first-order chi connectivity index (χ1) is 11.1. The molecule has 1 aliphatic rings. The van der Waals surface area contributed by atoms with Gasteiger partial charge in [-0.2, -0.15) is 5.26 Å². The summed E-state index contributed by atoms with van der Waals surface area (Å²) in [4.78, 5) is 12.6. The van der Waals surface area contributed by atoms with E-state index in [9.17, 15) is 10.1 Å². The van der Waals surface area contributed by atoms with Gasteiger partial charge in [-0.3, -0.25) is 4.79 Å². The number of carbonyl (C=O) groups is 1. The number of nitriles is 1. The summed E-state index contributed by atoms with van der Waals surface area (Å²) in [5, 5.41) is 12.4. The minimum Gasteiger partial charge on any atom is -0.493 e. The first-order valence-corrected chi connectivity index (χ1v) is 7.63. The number of carbonyl (C=O) groups excluding carboxylic acids is 1. The lowest BCUT2D eigenvalue weighted by molar-refractivity contribution is 0.0902. The van der Waals surface area contributed by atoms with Gasteiger partial charge in [-0.1, -0.05) is 19.3 Å². The number of nitrogens with one attached hydrogen (secondary N) is 1. The fourth-order valence-corrected chi connectivity index (χ4v) is 2.92. The van der Waals surface area contributed by atoms with E-state index in [4.69, 9.17) is 14.2 Å². The van der Waals surface area contributed by atoms with E-state index >= 15 is 0 Å². The number of benzene rings is 1. The summed E-state index contributed by atoms with van der Waals surface area (Å²) in [5.41, 5.74) is -0.407. The zero-order valence-electron chi connectivity index (χ0n) is 13.8. The van der Waals surface area contributed by atoms with Crippen molar-refractivity contribution >= 4 is 5.91 Å². The number of methoxy groups -OCH3 is 3. The molecule has 1 amide bonds. The molecule has 0 spiro atoms. The Morgan fingerprint density at radius 2 is 1.65 bits per heavy atom. The Labute approximate surface area is 136 Å². The molecule has 0 radical (unpaired) electrons. The molecule has 23 heavy (non-hydrogen) atoms. The maximum Gasteiger partial charge on any atom is 0.252 e. The Balaban J connectivity index is 2.30. The molecule has 1 fully saturated rings. The number of hydrogen-bond donors (Lipinski definition) is 1. The van der Waals surface area contributed by atoms with Crippen LogP contribution >= 0.6 is 0 Å². The van der Waals surface area contributed by atoms with E-state index in [1.165, 1.54) is 21.3 Å². The van der Waals surface area contributed by atoms with Crippen LogP contribution in [0.1, 0.15) is 42.5 Å². The molecule has 0 heterocycles. The van der Waals surface area contributed by atoms with Gasteiger partial charge in [-0.25, -0.2) is 0 Å². The van der Waals surface area contributed by atoms with Crippen molar-refractivity contribution in [1.29, 1.82) is 5.26 Å². The summed E-state index contributed by atoms with van der Waals surface area (Å²) >= 11 is 0. The molecule has 0 aliphatic heterocycles. The minimum atomic E-state index is -0.782. The van der Waals surface area contributed by atoms with E-state index in [1.54, 1.807) is 12.1 Å². The third-order valence-electron chi connectivity index (χ3n) is 4.20. The van der Waals surface area contributed by atoms with E-state index in [0.717, 1.165) is 19.3 Å². The van der Waals surface area contributed by atoms with Crippen molar-refractivity contribution < 1.29 is 19.0 Å². The predicted molar refractivity (Wildman–Crippen MR) is 85.0 cm³/mol. The minimum absolute atomic E-state index is 0.312. The molecule has 1 saturated carbocycles. The van der Waals surface area contributed by atoms with E-state index in [-0.39, 0.29) is 5.91 Å². The zero-order valence-corrected chi connectivity index (χ0v) is 13.8. The van der Waals surface area contributed by atoms with E-state index in [1.807, 2.05) is 0 Å². The van der Waals surface area contributed by atoms with Gasteiger partial charge in [0.2, 0.25) is 5.75 Å². The van der Waals surface area contributed by atoms with Gasteiger partial charge < -0.3 is 19.5 Å². The van der Waals surface area contributed by atoms with E-state index < -0.39 is 5.54 Å². The van der Waals surface area contributed by atoms with Crippen LogP contribution in [0.3, 0.4) is 0 Å². The molecule has 1 aromatic rings. The van der Waals surface area contributed by atoms with Gasteiger partial charge in [0.25, 0.3) is 5.91 Å². The SMILES string of the molecule is COc1cc(C(=O)NC2(C#N)CCCCC2)cc(OC)c1OC. The van der Waals surface area contributed by atoms with E-state index in [0.29, 0.717) is 35.7 Å². The summed E-state index contributed by atoms with van der Waals surface area (Å²) in [6.07, 6.45) is 4.36. The van der Waals surface area contributed by atoms with Crippen LogP contribution in [0.15, 0.2) is 12.1 Å². The molecule has 124 valence electrons. The summed E-state index contributed by atoms with van der Waals surface area (Å²) in [7, 11) is 4.50. The summed E-state index contributed by atoms with van der Waals surface area (Å²) in [6.45, 7) is 0. The third-order valence-corrected chi connectivity index (χ3v) is 4.20. The second-order valence-corrected chi connectivity index (χ2v) is 5.62. The number of hydrogen-bond acceptors (Lipinski definition) is 5. The standard InChI is InChI=1S/C17H22N2O4/c1-21-13-9-12(10-14(22-2)15(13)23-3)16(20)19-17(11-18)7-5-4-6-8-17/h9-10H,4-8H2,1-3H3,(H,19,20). The lowest BCUT2D eigenvalue weighted by atomic mass is 9.82. The molecular weight excluding hydrogens is 296 g/mol. The summed E-state index contributed by atoms with van der Waals surface area (Å²) in [5.74, 6) is 0.935. The van der Waals surface area contributed by atoms with Crippen molar-refractivity contribution in [1.82, 2.24) is 5.32 Å². The van der Waals surface area contributed by atoms with E-state index in [2.05, 4.69) is 11.4 Å². The molecule has 1 aromatic carbocycles. The zero-order chi connectivity index (χ0) is 16.9. The number of amides is 1. The molecule has 6 nitrogen and oxygen atoms in total. The summed E-state index contributed by atoms with van der Waals surface area (Å²) < 4.78 is 15.8. The maximum absolute atomic E-state index is 12.6. The second-order valence-electron chi connectivity index (χ2n) is 5.62. The van der Waals surface area contributed by atoms with Gasteiger partial charge in [0, 0.05) is 5.56 Å². The van der Waals surface area contributed by atoms with Crippen molar-refractivity contribution in [3.05, 3.63) is 17.7 Å². The van der Waals surface area contributed by atoms with Crippen LogP contribution in [-0.4, -0.2) is 32.8 Å². The fourth-order valence-electron chi connectivity index (χ4n) is 2.92. The Kier molecular flexibility index (Phi) is 5.32. The maximum atomic E-state index is 12.6. The van der Waals surface area contributed by atoms with Crippen LogP contribution in [0, 0.1) is 11.3 Å². The van der Waals surface area contributed by atoms with Crippen LogP contribution in [-0.2, 0) is 0 Å². The van der Waals surface area contributed by atoms with Crippen LogP contribution in [0.4, 0.5) is 0 Å². The van der Waals surface area contributed by atoms with Crippen LogP contribution < -0.4 is 19.5 Å². The average molecular weight is 318 g/mol. The quantitative estimate of drug-likeness (QED) is 0.902. The molecule has 2 rings (SSSR count). The highest BCUT2D eigenvalue weighted by atomic mass is 16.5. The van der Waals surface area contributed by atoms with Crippen LogP contribution in [0.25, 0.3) is 0 Å². The highest BCUT2D eigenvalue weighted by Crippen LogP contribution is 2.38. The molecule has 6 heteroatoms. The van der Waals surface area contributed by atoms with Crippen LogP contribution in [0.5, 0.6) is 17.2 Å². The molecule has 1 N–H and O–H groups in total. The van der Waals surface area contributed by atoms with Crippen molar-refractivity contribution in [2.75, 3.05) is 21.3 Å². The largest absolute Gasteiger partial charge is 0.493 e. The van der Waals surface area contributed by atoms with Gasteiger partial charge in [-0.15, -0.1) is 0 Å². The second kappa shape index (κ2) is 7.23. The summed E-state index contributed by atoms with van der Waals surface area (Å²) in [6, 6.07) is 5.45. The monoisotopic (exact) mass is 318 g/mol. The first-order valence-electron chi connectivity index (χ1n) is 7.63. The Hall–Kier alpha value is -2.42. The predicted octanol–water partition coefficient (Wildman–Crippen LogP) is 2.67. The Bertz CT molecular complexity index is 591. The highest BCUT2D eigenvalue weighted by Gasteiger charge is 2.34. The van der Waals surface area contributed by atoms with Crippen LogP contribution in [0.2, 0.25) is 0 Å². The molecule has 0 aromatic heterocycles. The molecule has 1 aliphatic carbocycles. The number of ether oxygens (including phenoxy) is 3. The third kappa shape index (κ3) is 3.50. The lowest BCUT2D eigenvalue weighted by Gasteiger charge is -2.31. The molecule has 0 bridgehead atoms. The molecule has 0 atom stereocenters. The average Bonchev–Trinajstić information content (AvgIpc) is 2.60. The van der Waals surface area contributed by atoms with Crippen molar-refractivity contribution in [2.24, 2.45) is 0 Å². The van der Waals surface area contributed by atoms with Gasteiger partial charge in [0.1, 0.15) is 5.54 Å². The van der Waals surface area contributed by atoms with Gasteiger partial charge >= 0.3 is 0 Å². The Morgan fingerprint density at radius 3 is 2.09 bits per heavy atom. The van der Waals surface area contributed by atoms with Gasteiger partial charge in [-0.05, 0) is 25.0 Å². The normalized spacial score (nSPS) is 16.1. The highest BCUT2D eigenvalue weighted by molar-refractivity contribution is 5.96. The Morgan fingerprint density at radius 1 is 1.09 bits per heavy atom. The van der Waals surface area contributed by atoms with Crippen molar-refractivity contribution in [3.8, 4) is 23.3 Å². The smallest absolute Gasteiger partial charge is 0.252 e. The van der Waals surface area contributed by atoms with Crippen molar-refractivity contribution in [3.63, 3.8) is 0 Å².